The lowest BCUT2D eigenvalue weighted by Gasteiger charge is -2.31. The minimum atomic E-state index is -0.438. The Balaban J connectivity index is 1.48. The van der Waals surface area contributed by atoms with E-state index in [0.717, 1.165) is 43.0 Å². The van der Waals surface area contributed by atoms with Crippen LogP contribution in [0.5, 0.6) is 11.5 Å². The van der Waals surface area contributed by atoms with Gasteiger partial charge in [-0.2, -0.15) is 5.26 Å². The summed E-state index contributed by atoms with van der Waals surface area (Å²) in [6.45, 7) is 6.41. The maximum atomic E-state index is 9.95. The number of nitrogens with zero attached hydrogens (tertiary/aromatic N) is 1. The molecule has 0 aromatic heterocycles. The first-order valence-electron chi connectivity index (χ1n) is 9.71. The Kier molecular flexibility index (Phi) is 6.36. The van der Waals surface area contributed by atoms with E-state index in [2.05, 4.69) is 37.4 Å². The molecule has 142 valence electrons. The van der Waals surface area contributed by atoms with Gasteiger partial charge < -0.3 is 14.8 Å². The van der Waals surface area contributed by atoms with Gasteiger partial charge in [-0.3, -0.25) is 0 Å². The smallest absolute Gasteiger partial charge is 0.161 e. The van der Waals surface area contributed by atoms with E-state index in [-0.39, 0.29) is 12.0 Å². The average molecular weight is 364 g/mol. The molecular weight excluding hydrogens is 336 g/mol. The number of fused-ring (bicyclic) bond motifs is 1. The largest absolute Gasteiger partial charge is 0.486 e. The number of nitriles is 1. The summed E-state index contributed by atoms with van der Waals surface area (Å²) in [5.41, 5.74) is 0.676. The van der Waals surface area contributed by atoms with E-state index in [0.29, 0.717) is 6.61 Å². The highest BCUT2D eigenvalue weighted by Gasteiger charge is 2.35. The van der Waals surface area contributed by atoms with Gasteiger partial charge in [0.2, 0.25) is 0 Å². The second-order valence-electron chi connectivity index (χ2n) is 7.41. The number of hydrogen-bond acceptors (Lipinski definition) is 4. The van der Waals surface area contributed by atoms with Crippen molar-refractivity contribution in [2.45, 2.75) is 38.2 Å². The summed E-state index contributed by atoms with van der Waals surface area (Å²) < 4.78 is 11.7. The quantitative estimate of drug-likeness (QED) is 0.709. The van der Waals surface area contributed by atoms with Gasteiger partial charge in [0.1, 0.15) is 12.7 Å². The van der Waals surface area contributed by atoms with Crippen molar-refractivity contribution in [2.75, 3.05) is 19.7 Å². The molecule has 4 nitrogen and oxygen atoms in total. The molecule has 0 bridgehead atoms. The first-order valence-corrected chi connectivity index (χ1v) is 9.71. The van der Waals surface area contributed by atoms with Gasteiger partial charge in [0, 0.05) is 6.54 Å². The summed E-state index contributed by atoms with van der Waals surface area (Å²) in [7, 11) is 0. The highest BCUT2D eigenvalue weighted by atomic mass is 16.6. The zero-order valence-electron chi connectivity index (χ0n) is 16.2. The van der Waals surface area contributed by atoms with Crippen molar-refractivity contribution in [3.63, 3.8) is 0 Å². The molecule has 0 fully saturated rings. The van der Waals surface area contributed by atoms with Crippen molar-refractivity contribution in [1.82, 2.24) is 5.32 Å². The fourth-order valence-corrected chi connectivity index (χ4v) is 3.67. The number of benzene rings is 2. The Hall–Kier alpha value is -2.51. The molecule has 1 heterocycles. The Morgan fingerprint density at radius 1 is 1.11 bits per heavy atom. The number of para-hydroxylation sites is 2. The summed E-state index contributed by atoms with van der Waals surface area (Å²) in [6.07, 6.45) is 1.79. The normalized spacial score (nSPS) is 17.9. The molecule has 0 saturated heterocycles. The molecule has 2 aromatic rings. The predicted molar refractivity (Wildman–Crippen MR) is 107 cm³/mol. The molecule has 0 saturated carbocycles. The minimum Gasteiger partial charge on any atom is -0.486 e. The predicted octanol–water partition coefficient (Wildman–Crippen LogP) is 4.31. The summed E-state index contributed by atoms with van der Waals surface area (Å²) in [5, 5.41) is 13.4. The topological polar surface area (TPSA) is 54.3 Å². The van der Waals surface area contributed by atoms with E-state index < -0.39 is 5.41 Å². The molecule has 1 aliphatic heterocycles. The van der Waals surface area contributed by atoms with Crippen molar-refractivity contribution >= 4 is 0 Å². The molecule has 1 N–H and O–H groups in total. The summed E-state index contributed by atoms with van der Waals surface area (Å²) >= 11 is 0. The van der Waals surface area contributed by atoms with E-state index in [4.69, 9.17) is 9.47 Å². The first kappa shape index (κ1) is 19.3. The van der Waals surface area contributed by atoms with Crippen LogP contribution >= 0.6 is 0 Å². The Labute approximate surface area is 162 Å². The van der Waals surface area contributed by atoms with Gasteiger partial charge in [-0.15, -0.1) is 0 Å². The molecular formula is C23H28N2O2. The molecule has 4 heteroatoms. The van der Waals surface area contributed by atoms with Crippen molar-refractivity contribution in [1.29, 1.82) is 5.26 Å². The molecule has 2 atom stereocenters. The van der Waals surface area contributed by atoms with Crippen LogP contribution in [-0.2, 0) is 5.41 Å². The average Bonchev–Trinajstić information content (AvgIpc) is 2.71. The van der Waals surface area contributed by atoms with E-state index in [1.807, 2.05) is 42.5 Å². The lowest BCUT2D eigenvalue weighted by Crippen LogP contribution is -2.39. The second-order valence-corrected chi connectivity index (χ2v) is 7.41. The third-order valence-electron chi connectivity index (χ3n) is 5.34. The van der Waals surface area contributed by atoms with Crippen LogP contribution in [0.4, 0.5) is 0 Å². The lowest BCUT2D eigenvalue weighted by atomic mass is 9.70. The van der Waals surface area contributed by atoms with Crippen LogP contribution in [0.1, 0.15) is 32.3 Å². The Morgan fingerprint density at radius 2 is 1.81 bits per heavy atom. The van der Waals surface area contributed by atoms with Crippen molar-refractivity contribution in [3.8, 4) is 17.6 Å². The Morgan fingerprint density at radius 3 is 2.52 bits per heavy atom. The Bertz CT molecular complexity index is 769. The third kappa shape index (κ3) is 4.43. The van der Waals surface area contributed by atoms with Crippen molar-refractivity contribution in [3.05, 3.63) is 60.2 Å². The molecule has 2 unspecified atom stereocenters. The molecule has 0 amide bonds. The molecule has 0 aliphatic carbocycles. The second kappa shape index (κ2) is 8.92. The lowest BCUT2D eigenvalue weighted by molar-refractivity contribution is 0.0904. The highest BCUT2D eigenvalue weighted by molar-refractivity contribution is 5.40. The fraction of sp³-hybridized carbons (Fsp3) is 0.435. The highest BCUT2D eigenvalue weighted by Crippen LogP contribution is 2.36. The number of ether oxygens (including phenoxy) is 2. The van der Waals surface area contributed by atoms with Crippen LogP contribution in [0.3, 0.4) is 0 Å². The van der Waals surface area contributed by atoms with Crippen molar-refractivity contribution in [2.24, 2.45) is 5.92 Å². The van der Waals surface area contributed by atoms with Gasteiger partial charge in [-0.05, 0) is 43.0 Å². The number of nitrogens with one attached hydrogen (secondary N) is 1. The van der Waals surface area contributed by atoms with Gasteiger partial charge in [-0.25, -0.2) is 0 Å². The van der Waals surface area contributed by atoms with Crippen LogP contribution in [0.2, 0.25) is 0 Å². The van der Waals surface area contributed by atoms with Gasteiger partial charge in [0.15, 0.2) is 11.5 Å². The molecule has 2 aromatic carbocycles. The molecule has 0 radical (unpaired) electrons. The first-order chi connectivity index (χ1) is 13.2. The van der Waals surface area contributed by atoms with E-state index >= 15 is 0 Å². The molecule has 3 rings (SSSR count). The van der Waals surface area contributed by atoms with Crippen LogP contribution in [0.15, 0.2) is 54.6 Å². The van der Waals surface area contributed by atoms with E-state index in [1.165, 1.54) is 0 Å². The summed E-state index contributed by atoms with van der Waals surface area (Å²) in [4.78, 5) is 0. The van der Waals surface area contributed by atoms with Crippen molar-refractivity contribution < 1.29 is 9.47 Å². The third-order valence-corrected chi connectivity index (χ3v) is 5.34. The molecule has 0 spiro atoms. The number of hydrogen-bond donors (Lipinski definition) is 1. The fourth-order valence-electron chi connectivity index (χ4n) is 3.67. The maximum Gasteiger partial charge on any atom is 0.161 e. The van der Waals surface area contributed by atoms with E-state index in [9.17, 15) is 5.26 Å². The van der Waals surface area contributed by atoms with E-state index in [1.54, 1.807) is 0 Å². The SMILES string of the molecule is CC(C)C(C#N)(CCCNCC1COc2ccccc2O1)c1ccccc1. The van der Waals surface area contributed by atoms with Crippen LogP contribution in [0.25, 0.3) is 0 Å². The number of rotatable bonds is 8. The minimum absolute atomic E-state index is 0.0137. The van der Waals surface area contributed by atoms with Crippen LogP contribution in [0, 0.1) is 17.2 Å². The van der Waals surface area contributed by atoms with Crippen LogP contribution in [-0.4, -0.2) is 25.8 Å². The summed E-state index contributed by atoms with van der Waals surface area (Å²) in [5.74, 6) is 1.88. The zero-order chi connectivity index (χ0) is 19.1. The molecule has 27 heavy (non-hydrogen) atoms. The van der Waals surface area contributed by atoms with Gasteiger partial charge in [0.25, 0.3) is 0 Å². The maximum absolute atomic E-state index is 9.95. The van der Waals surface area contributed by atoms with Gasteiger partial charge >= 0.3 is 0 Å². The van der Waals surface area contributed by atoms with Crippen LogP contribution < -0.4 is 14.8 Å². The van der Waals surface area contributed by atoms with Gasteiger partial charge in [0.05, 0.1) is 11.5 Å². The summed E-state index contributed by atoms with van der Waals surface area (Å²) in [6, 6.07) is 20.5. The zero-order valence-corrected chi connectivity index (χ0v) is 16.2. The monoisotopic (exact) mass is 364 g/mol. The molecule has 1 aliphatic rings. The van der Waals surface area contributed by atoms with Gasteiger partial charge in [-0.1, -0.05) is 56.3 Å². The standard InChI is InChI=1S/C23H28N2O2/c1-18(2)23(17-24,19-9-4-3-5-10-19)13-8-14-25-15-20-16-26-21-11-6-7-12-22(21)27-20/h3-7,9-12,18,20,25H,8,13-16H2,1-2H3.